The maximum absolute atomic E-state index is 6.48. The molecule has 4 fully saturated rings. The molecule has 0 radical (unpaired) electrons. The second kappa shape index (κ2) is 4.30. The van der Waals surface area contributed by atoms with Crippen LogP contribution in [0.25, 0.3) is 0 Å². The fourth-order valence-corrected chi connectivity index (χ4v) is 5.83. The molecule has 5 rings (SSSR count). The summed E-state index contributed by atoms with van der Waals surface area (Å²) in [7, 11) is 0. The summed E-state index contributed by atoms with van der Waals surface area (Å²) in [5.41, 5.74) is 1.98. The number of hydrogen-bond acceptors (Lipinski definition) is 2. The minimum atomic E-state index is 0.161. The lowest BCUT2D eigenvalue weighted by Crippen LogP contribution is -2.59. The van der Waals surface area contributed by atoms with Crippen LogP contribution in [0, 0.1) is 11.8 Å². The second-order valence-electron chi connectivity index (χ2n) is 7.83. The first-order valence-corrected chi connectivity index (χ1v) is 8.18. The van der Waals surface area contributed by atoms with E-state index >= 15 is 0 Å². The summed E-state index contributed by atoms with van der Waals surface area (Å²) >= 11 is 0. The Bertz CT molecular complexity index is 476. The Morgan fingerprint density at radius 3 is 2.55 bits per heavy atom. The first-order valence-electron chi connectivity index (χ1n) is 8.18. The fraction of sp³-hybridized carbons (Fsp3) is 0.722. The van der Waals surface area contributed by atoms with Gasteiger partial charge in [0.1, 0.15) is 0 Å². The second-order valence-corrected chi connectivity index (χ2v) is 7.83. The van der Waals surface area contributed by atoms with Gasteiger partial charge in [-0.05, 0) is 75.8 Å². The van der Waals surface area contributed by atoms with Crippen molar-refractivity contribution in [1.82, 2.24) is 4.98 Å². The molecule has 0 spiro atoms. The molecular weight excluding hydrogens is 246 g/mol. The molecule has 4 aliphatic rings. The molecule has 4 bridgehead atoms. The molecule has 20 heavy (non-hydrogen) atoms. The molecule has 0 amide bonds. The number of ether oxygens (including phenoxy) is 1. The van der Waals surface area contributed by atoms with Gasteiger partial charge in [0.05, 0.1) is 11.7 Å². The van der Waals surface area contributed by atoms with Crippen molar-refractivity contribution in [3.05, 3.63) is 30.1 Å². The third-order valence-electron chi connectivity index (χ3n) is 5.77. The molecule has 2 nitrogen and oxygen atoms in total. The van der Waals surface area contributed by atoms with E-state index in [0.29, 0.717) is 11.5 Å². The first-order chi connectivity index (χ1) is 9.59. The molecular formula is C18H25NO. The van der Waals surface area contributed by atoms with Crippen LogP contribution in [-0.4, -0.2) is 16.7 Å². The predicted molar refractivity (Wildman–Crippen MR) is 79.5 cm³/mol. The van der Waals surface area contributed by atoms with E-state index in [0.717, 1.165) is 11.8 Å². The van der Waals surface area contributed by atoms with E-state index in [9.17, 15) is 0 Å². The number of pyridine rings is 1. The highest BCUT2D eigenvalue weighted by Gasteiger charge is 2.59. The minimum absolute atomic E-state index is 0.161. The topological polar surface area (TPSA) is 22.1 Å². The van der Waals surface area contributed by atoms with E-state index < -0.39 is 0 Å². The van der Waals surface area contributed by atoms with Crippen LogP contribution in [0.4, 0.5) is 0 Å². The third kappa shape index (κ3) is 1.92. The van der Waals surface area contributed by atoms with Crippen molar-refractivity contribution >= 4 is 0 Å². The first kappa shape index (κ1) is 12.8. The Balaban J connectivity index is 1.72. The normalized spacial score (nSPS) is 42.4. The summed E-state index contributed by atoms with van der Waals surface area (Å²) in [5.74, 6) is 1.74. The monoisotopic (exact) mass is 271 g/mol. The van der Waals surface area contributed by atoms with Crippen LogP contribution in [0.15, 0.2) is 24.5 Å². The molecule has 0 saturated heterocycles. The lowest BCUT2D eigenvalue weighted by molar-refractivity contribution is -0.189. The van der Waals surface area contributed by atoms with Crippen molar-refractivity contribution in [2.24, 2.45) is 11.8 Å². The molecule has 0 N–H and O–H groups in total. The van der Waals surface area contributed by atoms with Crippen molar-refractivity contribution in [3.8, 4) is 0 Å². The fourth-order valence-electron chi connectivity index (χ4n) is 5.83. The van der Waals surface area contributed by atoms with Crippen LogP contribution in [-0.2, 0) is 10.2 Å². The molecule has 4 aliphatic carbocycles. The van der Waals surface area contributed by atoms with Crippen LogP contribution in [0.1, 0.15) is 57.9 Å². The van der Waals surface area contributed by atoms with E-state index in [1.54, 1.807) is 0 Å². The molecule has 1 heterocycles. The molecule has 2 atom stereocenters. The standard InChI is InChI=1S/C18H25NO/c1-13(2)20-18-9-14-6-15(10-18)8-17(7-14,12-18)16-4-3-5-19-11-16/h3-5,11,13-15H,6-10,12H2,1-2H3. The predicted octanol–water partition coefficient (Wildman–Crippen LogP) is 4.10. The van der Waals surface area contributed by atoms with Crippen LogP contribution in [0.2, 0.25) is 0 Å². The Labute approximate surface area is 121 Å². The summed E-state index contributed by atoms with van der Waals surface area (Å²) in [6, 6.07) is 4.40. The minimum Gasteiger partial charge on any atom is -0.372 e. The smallest absolute Gasteiger partial charge is 0.0699 e. The zero-order chi connectivity index (χ0) is 13.8. The Morgan fingerprint density at radius 1 is 1.20 bits per heavy atom. The van der Waals surface area contributed by atoms with Crippen LogP contribution < -0.4 is 0 Å². The average molecular weight is 271 g/mol. The lowest BCUT2D eigenvalue weighted by atomic mass is 9.46. The summed E-state index contributed by atoms with van der Waals surface area (Å²) in [4.78, 5) is 4.38. The van der Waals surface area contributed by atoms with Gasteiger partial charge in [-0.3, -0.25) is 4.98 Å². The van der Waals surface area contributed by atoms with Crippen molar-refractivity contribution < 1.29 is 4.74 Å². The molecule has 4 saturated carbocycles. The van der Waals surface area contributed by atoms with E-state index in [4.69, 9.17) is 4.74 Å². The van der Waals surface area contributed by atoms with Gasteiger partial charge < -0.3 is 4.74 Å². The SMILES string of the molecule is CC(C)OC12CC3CC(C1)CC(c1cccnc1)(C3)C2. The highest BCUT2D eigenvalue weighted by atomic mass is 16.5. The van der Waals surface area contributed by atoms with Crippen LogP contribution in [0.5, 0.6) is 0 Å². The highest BCUT2D eigenvalue weighted by molar-refractivity contribution is 5.28. The average Bonchev–Trinajstić information content (AvgIpc) is 2.36. The summed E-state index contributed by atoms with van der Waals surface area (Å²) in [5, 5.41) is 0. The molecule has 108 valence electrons. The maximum Gasteiger partial charge on any atom is 0.0699 e. The van der Waals surface area contributed by atoms with Gasteiger partial charge in [-0.15, -0.1) is 0 Å². The van der Waals surface area contributed by atoms with Gasteiger partial charge in [-0.25, -0.2) is 0 Å². The number of aromatic nitrogens is 1. The summed E-state index contributed by atoms with van der Waals surface area (Å²) in [6.45, 7) is 4.38. The molecule has 1 aromatic heterocycles. The van der Waals surface area contributed by atoms with E-state index in [2.05, 4.69) is 37.2 Å². The van der Waals surface area contributed by atoms with Gasteiger partial charge in [-0.2, -0.15) is 0 Å². The van der Waals surface area contributed by atoms with Crippen molar-refractivity contribution in [1.29, 1.82) is 0 Å². The molecule has 0 aliphatic heterocycles. The quantitative estimate of drug-likeness (QED) is 0.826. The molecule has 1 aromatic rings. The van der Waals surface area contributed by atoms with Gasteiger partial charge in [-0.1, -0.05) is 6.07 Å². The van der Waals surface area contributed by atoms with E-state index in [-0.39, 0.29) is 5.60 Å². The molecule has 2 unspecified atom stereocenters. The Kier molecular flexibility index (Phi) is 2.76. The third-order valence-corrected chi connectivity index (χ3v) is 5.77. The molecule has 0 aromatic carbocycles. The zero-order valence-electron chi connectivity index (χ0n) is 12.6. The van der Waals surface area contributed by atoms with Gasteiger partial charge >= 0.3 is 0 Å². The highest BCUT2D eigenvalue weighted by Crippen LogP contribution is 2.63. The van der Waals surface area contributed by atoms with Crippen LogP contribution in [0.3, 0.4) is 0 Å². The maximum atomic E-state index is 6.48. The van der Waals surface area contributed by atoms with Gasteiger partial charge in [0.25, 0.3) is 0 Å². The number of hydrogen-bond donors (Lipinski definition) is 0. The van der Waals surface area contributed by atoms with Crippen molar-refractivity contribution in [2.45, 2.75) is 69.5 Å². The molecule has 2 heteroatoms. The van der Waals surface area contributed by atoms with Crippen molar-refractivity contribution in [2.75, 3.05) is 0 Å². The van der Waals surface area contributed by atoms with Crippen LogP contribution >= 0.6 is 0 Å². The number of rotatable bonds is 3. The lowest BCUT2D eigenvalue weighted by Gasteiger charge is -2.62. The Morgan fingerprint density at radius 2 is 1.95 bits per heavy atom. The number of nitrogens with zero attached hydrogens (tertiary/aromatic N) is 1. The van der Waals surface area contributed by atoms with Crippen molar-refractivity contribution in [3.63, 3.8) is 0 Å². The Hall–Kier alpha value is -0.890. The summed E-state index contributed by atoms with van der Waals surface area (Å²) < 4.78 is 6.48. The van der Waals surface area contributed by atoms with Gasteiger partial charge in [0.2, 0.25) is 0 Å². The summed E-state index contributed by atoms with van der Waals surface area (Å²) in [6.07, 6.45) is 12.3. The van der Waals surface area contributed by atoms with E-state index in [1.807, 2.05) is 6.20 Å². The van der Waals surface area contributed by atoms with Gasteiger partial charge in [0.15, 0.2) is 0 Å². The van der Waals surface area contributed by atoms with Gasteiger partial charge in [0, 0.05) is 17.8 Å². The zero-order valence-corrected chi connectivity index (χ0v) is 12.6. The largest absolute Gasteiger partial charge is 0.372 e. The van der Waals surface area contributed by atoms with E-state index in [1.165, 1.54) is 44.1 Å².